The highest BCUT2D eigenvalue weighted by Gasteiger charge is 2.14. The number of hydrogen-bond acceptors (Lipinski definition) is 7. The molecule has 0 unspecified atom stereocenters. The summed E-state index contributed by atoms with van der Waals surface area (Å²) in [5, 5.41) is 4.43. The second kappa shape index (κ2) is 9.36. The number of benzene rings is 3. The minimum Gasteiger partial charge on any atom is -0.493 e. The first-order valence-corrected chi connectivity index (χ1v) is 11.4. The lowest BCUT2D eigenvalue weighted by atomic mass is 10.2. The molecular formula is C26H21N3O4S. The molecule has 5 aromatic rings. The third kappa shape index (κ3) is 4.23. The lowest BCUT2D eigenvalue weighted by molar-refractivity contribution is 0.305. The van der Waals surface area contributed by atoms with Gasteiger partial charge in [-0.1, -0.05) is 59.9 Å². The van der Waals surface area contributed by atoms with Crippen LogP contribution in [0.2, 0.25) is 0 Å². The van der Waals surface area contributed by atoms with E-state index in [9.17, 15) is 4.79 Å². The summed E-state index contributed by atoms with van der Waals surface area (Å²) in [5.74, 6) is 2.33. The Bertz CT molecular complexity index is 1560. The zero-order valence-corrected chi connectivity index (χ0v) is 19.4. The lowest BCUT2D eigenvalue weighted by Gasteiger charge is -2.08. The number of para-hydroxylation sites is 1. The van der Waals surface area contributed by atoms with E-state index in [0.29, 0.717) is 39.2 Å². The number of thiazole rings is 1. The van der Waals surface area contributed by atoms with Gasteiger partial charge in [0, 0.05) is 11.1 Å². The zero-order chi connectivity index (χ0) is 23.5. The van der Waals surface area contributed by atoms with Crippen LogP contribution in [0, 0.1) is 0 Å². The third-order valence-electron chi connectivity index (χ3n) is 5.27. The minimum atomic E-state index is -0.225. The van der Waals surface area contributed by atoms with Crippen LogP contribution >= 0.6 is 11.3 Å². The van der Waals surface area contributed by atoms with Crippen LogP contribution in [0.5, 0.6) is 17.2 Å². The molecule has 0 N–H and O–H groups in total. The molecule has 0 aliphatic rings. The van der Waals surface area contributed by atoms with Gasteiger partial charge >= 0.3 is 0 Å². The SMILES string of the molecule is COc1ccc(-c2nc3s/c(=C/c4ccccc4OCc4ccccc4)c(=O)n3n2)cc1OC. The molecule has 34 heavy (non-hydrogen) atoms. The lowest BCUT2D eigenvalue weighted by Crippen LogP contribution is -2.23. The van der Waals surface area contributed by atoms with Crippen molar-refractivity contribution < 1.29 is 14.2 Å². The monoisotopic (exact) mass is 471 g/mol. The van der Waals surface area contributed by atoms with Crippen molar-refractivity contribution in [1.29, 1.82) is 0 Å². The molecule has 0 aliphatic heterocycles. The fraction of sp³-hybridized carbons (Fsp3) is 0.115. The van der Waals surface area contributed by atoms with Gasteiger partial charge in [-0.3, -0.25) is 4.79 Å². The number of rotatable bonds is 7. The second-order valence-electron chi connectivity index (χ2n) is 7.43. The van der Waals surface area contributed by atoms with E-state index in [1.165, 1.54) is 15.9 Å². The molecule has 0 saturated heterocycles. The number of nitrogens with zero attached hydrogens (tertiary/aromatic N) is 3. The van der Waals surface area contributed by atoms with Gasteiger partial charge in [0.1, 0.15) is 12.4 Å². The molecule has 0 radical (unpaired) electrons. The summed E-state index contributed by atoms with van der Waals surface area (Å²) in [4.78, 5) is 18.1. The number of fused-ring (bicyclic) bond motifs is 1. The average molecular weight is 472 g/mol. The van der Waals surface area contributed by atoms with E-state index in [0.717, 1.165) is 16.7 Å². The fourth-order valence-corrected chi connectivity index (χ4v) is 4.44. The summed E-state index contributed by atoms with van der Waals surface area (Å²) in [6.07, 6.45) is 1.82. The predicted octanol–water partition coefficient (Wildman–Crippen LogP) is 3.96. The smallest absolute Gasteiger partial charge is 0.291 e. The standard InChI is InChI=1S/C26H21N3O4S/c1-31-21-13-12-19(14-22(21)32-2)24-27-26-29(28-24)25(30)23(34-26)15-18-10-6-7-11-20(18)33-16-17-8-4-3-5-9-17/h3-15H,16H2,1-2H3/b23-15+. The van der Waals surface area contributed by atoms with Crippen LogP contribution in [0.25, 0.3) is 22.4 Å². The molecule has 0 fully saturated rings. The molecule has 0 amide bonds. The van der Waals surface area contributed by atoms with E-state index in [2.05, 4.69) is 10.1 Å². The summed E-state index contributed by atoms with van der Waals surface area (Å²) in [6, 6.07) is 23.0. The predicted molar refractivity (Wildman–Crippen MR) is 132 cm³/mol. The summed E-state index contributed by atoms with van der Waals surface area (Å²) in [7, 11) is 3.15. The first kappa shape index (κ1) is 21.7. The molecule has 5 rings (SSSR count). The Balaban J connectivity index is 1.47. The van der Waals surface area contributed by atoms with Gasteiger partial charge in [-0.25, -0.2) is 0 Å². The molecule has 8 heteroatoms. The molecule has 0 atom stereocenters. The number of hydrogen-bond donors (Lipinski definition) is 0. The van der Waals surface area contributed by atoms with Crippen LogP contribution in [-0.2, 0) is 6.61 Å². The number of ether oxygens (including phenoxy) is 3. The van der Waals surface area contributed by atoms with Crippen molar-refractivity contribution in [3.63, 3.8) is 0 Å². The van der Waals surface area contributed by atoms with Crippen molar-refractivity contribution >= 4 is 22.4 Å². The Labute approximate surface area is 199 Å². The Hall–Kier alpha value is -4.17. The maximum atomic E-state index is 13.0. The second-order valence-corrected chi connectivity index (χ2v) is 8.44. The molecule has 170 valence electrons. The van der Waals surface area contributed by atoms with Gasteiger partial charge in [0.15, 0.2) is 17.3 Å². The van der Waals surface area contributed by atoms with Crippen LogP contribution in [0.3, 0.4) is 0 Å². The first-order chi connectivity index (χ1) is 16.7. The Morgan fingerprint density at radius 1 is 0.912 bits per heavy atom. The summed E-state index contributed by atoms with van der Waals surface area (Å²) < 4.78 is 18.5. The quantitative estimate of drug-likeness (QED) is 0.358. The molecule has 3 aromatic carbocycles. The van der Waals surface area contributed by atoms with Gasteiger partial charge in [-0.2, -0.15) is 9.50 Å². The van der Waals surface area contributed by atoms with Crippen molar-refractivity contribution in [3.05, 3.63) is 98.8 Å². The van der Waals surface area contributed by atoms with Crippen molar-refractivity contribution in [3.8, 4) is 28.6 Å². The Kier molecular flexibility index (Phi) is 5.97. The van der Waals surface area contributed by atoms with Crippen LogP contribution < -0.4 is 24.3 Å². The van der Waals surface area contributed by atoms with Gasteiger partial charge in [-0.05, 0) is 35.9 Å². The van der Waals surface area contributed by atoms with E-state index in [4.69, 9.17) is 14.2 Å². The van der Waals surface area contributed by atoms with Crippen molar-refractivity contribution in [2.75, 3.05) is 14.2 Å². The van der Waals surface area contributed by atoms with E-state index in [1.54, 1.807) is 26.4 Å². The van der Waals surface area contributed by atoms with Crippen LogP contribution in [0.1, 0.15) is 11.1 Å². The van der Waals surface area contributed by atoms with Crippen molar-refractivity contribution in [2.24, 2.45) is 0 Å². The number of methoxy groups -OCH3 is 2. The molecular weight excluding hydrogens is 450 g/mol. The molecule has 0 saturated carbocycles. The fourth-order valence-electron chi connectivity index (χ4n) is 3.54. The number of aromatic nitrogens is 3. The Morgan fingerprint density at radius 3 is 2.44 bits per heavy atom. The van der Waals surface area contributed by atoms with E-state index < -0.39 is 0 Å². The largest absolute Gasteiger partial charge is 0.493 e. The topological polar surface area (TPSA) is 75.0 Å². The highest BCUT2D eigenvalue weighted by molar-refractivity contribution is 7.15. The molecule has 0 spiro atoms. The van der Waals surface area contributed by atoms with Crippen molar-refractivity contribution in [1.82, 2.24) is 14.6 Å². The van der Waals surface area contributed by atoms with E-state index >= 15 is 0 Å². The van der Waals surface area contributed by atoms with E-state index in [-0.39, 0.29) is 5.56 Å². The summed E-state index contributed by atoms with van der Waals surface area (Å²) in [6.45, 7) is 0.444. The van der Waals surface area contributed by atoms with Gasteiger partial charge in [0.25, 0.3) is 5.56 Å². The average Bonchev–Trinajstić information content (AvgIpc) is 3.42. The van der Waals surface area contributed by atoms with Gasteiger partial charge in [0.05, 0.1) is 18.8 Å². The zero-order valence-electron chi connectivity index (χ0n) is 18.6. The van der Waals surface area contributed by atoms with E-state index in [1.807, 2.05) is 66.7 Å². The molecule has 2 heterocycles. The summed E-state index contributed by atoms with van der Waals surface area (Å²) in [5.41, 5.74) is 2.40. The maximum absolute atomic E-state index is 13.0. The van der Waals surface area contributed by atoms with Gasteiger partial charge < -0.3 is 14.2 Å². The maximum Gasteiger partial charge on any atom is 0.291 e. The summed E-state index contributed by atoms with van der Waals surface area (Å²) >= 11 is 1.28. The molecule has 0 bridgehead atoms. The highest BCUT2D eigenvalue weighted by atomic mass is 32.1. The van der Waals surface area contributed by atoms with Crippen LogP contribution in [0.15, 0.2) is 77.6 Å². The molecule has 2 aromatic heterocycles. The van der Waals surface area contributed by atoms with Gasteiger partial charge in [0.2, 0.25) is 4.96 Å². The molecule has 0 aliphatic carbocycles. The molecule has 7 nitrogen and oxygen atoms in total. The van der Waals surface area contributed by atoms with Crippen molar-refractivity contribution in [2.45, 2.75) is 6.61 Å². The minimum absolute atomic E-state index is 0.225. The third-order valence-corrected chi connectivity index (χ3v) is 6.23. The van der Waals surface area contributed by atoms with Crippen LogP contribution in [-0.4, -0.2) is 28.8 Å². The normalized spacial score (nSPS) is 11.6. The van der Waals surface area contributed by atoms with Crippen LogP contribution in [0.4, 0.5) is 0 Å². The Morgan fingerprint density at radius 2 is 1.68 bits per heavy atom. The first-order valence-electron chi connectivity index (χ1n) is 10.6. The highest BCUT2D eigenvalue weighted by Crippen LogP contribution is 2.31. The van der Waals surface area contributed by atoms with Gasteiger partial charge in [-0.15, -0.1) is 5.10 Å².